The van der Waals surface area contributed by atoms with Crippen molar-refractivity contribution < 1.29 is 33.3 Å². The standard InChI is InChI=1S/C22H22N2O7S/c1-5-31-21(27)13-6-7-17-18(10-13)32-22(24(17)12-19(25)30-4)23-20(26)14-8-15(28-2)11-16(9-14)29-3/h6-11H,5,12H2,1-4H3. The van der Waals surface area contributed by atoms with Gasteiger partial charge in [-0.25, -0.2) is 4.79 Å². The lowest BCUT2D eigenvalue weighted by Crippen LogP contribution is -2.22. The number of rotatable bonds is 7. The fraction of sp³-hybridized carbons (Fsp3) is 0.273. The van der Waals surface area contributed by atoms with Crippen LogP contribution in [0, 0.1) is 0 Å². The van der Waals surface area contributed by atoms with Crippen LogP contribution in [0.1, 0.15) is 27.6 Å². The largest absolute Gasteiger partial charge is 0.497 e. The lowest BCUT2D eigenvalue weighted by atomic mass is 10.2. The summed E-state index contributed by atoms with van der Waals surface area (Å²) in [7, 11) is 4.25. The van der Waals surface area contributed by atoms with Gasteiger partial charge in [0.05, 0.1) is 43.7 Å². The van der Waals surface area contributed by atoms with Gasteiger partial charge >= 0.3 is 11.9 Å². The molecule has 0 saturated heterocycles. The van der Waals surface area contributed by atoms with E-state index in [9.17, 15) is 14.4 Å². The number of nitrogens with zero attached hydrogens (tertiary/aromatic N) is 2. The van der Waals surface area contributed by atoms with Gasteiger partial charge in [-0.15, -0.1) is 0 Å². The van der Waals surface area contributed by atoms with Crippen LogP contribution in [0.5, 0.6) is 11.5 Å². The Morgan fingerprint density at radius 2 is 1.66 bits per heavy atom. The van der Waals surface area contributed by atoms with Crippen LogP contribution in [0.15, 0.2) is 41.4 Å². The molecular formula is C22H22N2O7S. The summed E-state index contributed by atoms with van der Waals surface area (Å²) in [6.07, 6.45) is 0. The number of ether oxygens (including phenoxy) is 4. The molecule has 10 heteroatoms. The van der Waals surface area contributed by atoms with Crippen LogP contribution >= 0.6 is 11.3 Å². The van der Waals surface area contributed by atoms with Crippen molar-refractivity contribution in [3.63, 3.8) is 0 Å². The maximum absolute atomic E-state index is 12.9. The van der Waals surface area contributed by atoms with Crippen molar-refractivity contribution in [2.75, 3.05) is 27.9 Å². The average molecular weight is 458 g/mol. The first-order valence-electron chi connectivity index (χ1n) is 9.59. The zero-order chi connectivity index (χ0) is 23.3. The number of fused-ring (bicyclic) bond motifs is 1. The molecule has 1 heterocycles. The molecule has 0 radical (unpaired) electrons. The van der Waals surface area contributed by atoms with Crippen molar-refractivity contribution >= 4 is 39.4 Å². The lowest BCUT2D eigenvalue weighted by molar-refractivity contribution is -0.141. The van der Waals surface area contributed by atoms with Crippen molar-refractivity contribution in [1.29, 1.82) is 0 Å². The third kappa shape index (κ3) is 4.97. The minimum Gasteiger partial charge on any atom is -0.497 e. The van der Waals surface area contributed by atoms with E-state index in [0.717, 1.165) is 0 Å². The molecule has 3 rings (SSSR count). The minimum atomic E-state index is -0.544. The predicted octanol–water partition coefficient (Wildman–Crippen LogP) is 2.81. The summed E-state index contributed by atoms with van der Waals surface area (Å²) in [5.41, 5.74) is 1.25. The third-order valence-electron chi connectivity index (χ3n) is 4.50. The number of carbonyl (C=O) groups excluding carboxylic acids is 3. The maximum Gasteiger partial charge on any atom is 0.338 e. The van der Waals surface area contributed by atoms with E-state index in [0.29, 0.717) is 27.3 Å². The lowest BCUT2D eigenvalue weighted by Gasteiger charge is -2.06. The van der Waals surface area contributed by atoms with Gasteiger partial charge in [0.2, 0.25) is 0 Å². The molecular weight excluding hydrogens is 436 g/mol. The van der Waals surface area contributed by atoms with Crippen LogP contribution in [0.25, 0.3) is 10.2 Å². The van der Waals surface area contributed by atoms with Crippen molar-refractivity contribution in [3.8, 4) is 11.5 Å². The monoisotopic (exact) mass is 458 g/mol. The normalized spacial score (nSPS) is 11.3. The minimum absolute atomic E-state index is 0.150. The number of carbonyl (C=O) groups is 3. The molecule has 0 aliphatic carbocycles. The summed E-state index contributed by atoms with van der Waals surface area (Å²) < 4.78 is 22.5. The van der Waals surface area contributed by atoms with E-state index >= 15 is 0 Å². The number of methoxy groups -OCH3 is 3. The summed E-state index contributed by atoms with van der Waals surface area (Å²) >= 11 is 1.17. The van der Waals surface area contributed by atoms with Crippen LogP contribution in [-0.2, 0) is 20.8 Å². The van der Waals surface area contributed by atoms with E-state index in [1.165, 1.54) is 32.7 Å². The Labute approximate surface area is 187 Å². The number of hydrogen-bond donors (Lipinski definition) is 0. The highest BCUT2D eigenvalue weighted by Crippen LogP contribution is 2.24. The molecule has 0 aliphatic heterocycles. The van der Waals surface area contributed by atoms with Crippen LogP contribution < -0.4 is 14.3 Å². The Morgan fingerprint density at radius 3 is 2.25 bits per heavy atom. The maximum atomic E-state index is 12.9. The van der Waals surface area contributed by atoms with Gasteiger partial charge in [0.25, 0.3) is 5.91 Å². The van der Waals surface area contributed by atoms with Crippen LogP contribution in [0.2, 0.25) is 0 Å². The molecule has 168 valence electrons. The zero-order valence-electron chi connectivity index (χ0n) is 18.0. The summed E-state index contributed by atoms with van der Waals surface area (Å²) in [6.45, 7) is 1.83. The van der Waals surface area contributed by atoms with E-state index in [1.54, 1.807) is 47.9 Å². The molecule has 9 nitrogen and oxygen atoms in total. The second kappa shape index (κ2) is 10.1. The molecule has 0 saturated carbocycles. The number of hydrogen-bond acceptors (Lipinski definition) is 8. The summed E-state index contributed by atoms with van der Waals surface area (Å²) in [6, 6.07) is 9.66. The Morgan fingerprint density at radius 1 is 0.969 bits per heavy atom. The second-order valence-electron chi connectivity index (χ2n) is 6.47. The van der Waals surface area contributed by atoms with Gasteiger partial charge in [-0.1, -0.05) is 11.3 Å². The smallest absolute Gasteiger partial charge is 0.338 e. The fourth-order valence-electron chi connectivity index (χ4n) is 2.93. The molecule has 0 unspecified atom stereocenters. The third-order valence-corrected chi connectivity index (χ3v) is 5.55. The molecule has 0 bridgehead atoms. The topological polar surface area (TPSA) is 105 Å². The average Bonchev–Trinajstić information content (AvgIpc) is 3.14. The molecule has 0 aliphatic rings. The first-order chi connectivity index (χ1) is 15.4. The molecule has 0 spiro atoms. The Balaban J connectivity index is 2.13. The van der Waals surface area contributed by atoms with Crippen LogP contribution in [0.4, 0.5) is 0 Å². The van der Waals surface area contributed by atoms with Crippen LogP contribution in [0.3, 0.4) is 0 Å². The zero-order valence-corrected chi connectivity index (χ0v) is 18.9. The second-order valence-corrected chi connectivity index (χ2v) is 7.48. The highest BCUT2D eigenvalue weighted by molar-refractivity contribution is 7.16. The van der Waals surface area contributed by atoms with Gasteiger partial charge in [0.1, 0.15) is 18.0 Å². The highest BCUT2D eigenvalue weighted by Gasteiger charge is 2.16. The van der Waals surface area contributed by atoms with E-state index in [-0.39, 0.29) is 23.5 Å². The van der Waals surface area contributed by atoms with Crippen molar-refractivity contribution in [3.05, 3.63) is 52.3 Å². The van der Waals surface area contributed by atoms with Gasteiger partial charge in [-0.2, -0.15) is 4.99 Å². The molecule has 3 aromatic rings. The Bertz CT molecular complexity index is 1220. The van der Waals surface area contributed by atoms with E-state index < -0.39 is 17.8 Å². The van der Waals surface area contributed by atoms with Crippen molar-refractivity contribution in [2.24, 2.45) is 4.99 Å². The SMILES string of the molecule is CCOC(=O)c1ccc2c(c1)sc(=NC(=O)c1cc(OC)cc(OC)c1)n2CC(=O)OC. The summed E-state index contributed by atoms with van der Waals surface area (Å²) in [4.78, 5) is 41.5. The molecule has 1 aromatic heterocycles. The summed E-state index contributed by atoms with van der Waals surface area (Å²) in [5.74, 6) is -0.615. The first-order valence-corrected chi connectivity index (χ1v) is 10.4. The van der Waals surface area contributed by atoms with Crippen LogP contribution in [-0.4, -0.2) is 50.3 Å². The number of amides is 1. The van der Waals surface area contributed by atoms with E-state index in [1.807, 2.05) is 0 Å². The molecule has 32 heavy (non-hydrogen) atoms. The molecule has 0 atom stereocenters. The molecule has 0 fully saturated rings. The highest BCUT2D eigenvalue weighted by atomic mass is 32.1. The molecule has 0 N–H and O–H groups in total. The fourth-order valence-corrected chi connectivity index (χ4v) is 4.00. The Kier molecular flexibility index (Phi) is 7.26. The Hall–Kier alpha value is -3.66. The number of thiazole rings is 1. The molecule has 1 amide bonds. The van der Waals surface area contributed by atoms with Crippen molar-refractivity contribution in [1.82, 2.24) is 4.57 Å². The number of benzene rings is 2. The van der Waals surface area contributed by atoms with E-state index in [4.69, 9.17) is 18.9 Å². The summed E-state index contributed by atoms with van der Waals surface area (Å²) in [5, 5.41) is 0. The van der Waals surface area contributed by atoms with Gasteiger partial charge < -0.3 is 23.5 Å². The quantitative estimate of drug-likeness (QED) is 0.501. The van der Waals surface area contributed by atoms with Gasteiger partial charge in [0, 0.05) is 11.6 Å². The van der Waals surface area contributed by atoms with Crippen molar-refractivity contribution in [2.45, 2.75) is 13.5 Å². The number of esters is 2. The molecule has 2 aromatic carbocycles. The van der Waals surface area contributed by atoms with E-state index in [2.05, 4.69) is 4.99 Å². The van der Waals surface area contributed by atoms with Gasteiger partial charge in [-0.05, 0) is 37.3 Å². The number of aromatic nitrogens is 1. The van der Waals surface area contributed by atoms with Gasteiger partial charge in [0.15, 0.2) is 4.80 Å². The first kappa shape index (κ1) is 23.0. The predicted molar refractivity (Wildman–Crippen MR) is 117 cm³/mol. The van der Waals surface area contributed by atoms with Gasteiger partial charge in [-0.3, -0.25) is 9.59 Å².